The second kappa shape index (κ2) is 11.0. The van der Waals surface area contributed by atoms with Crippen LogP contribution >= 0.6 is 12.4 Å². The summed E-state index contributed by atoms with van der Waals surface area (Å²) in [6.07, 6.45) is 0.666. The first-order chi connectivity index (χ1) is 10.5. The van der Waals surface area contributed by atoms with Crippen molar-refractivity contribution in [1.82, 2.24) is 5.32 Å². The molecule has 0 aliphatic heterocycles. The minimum atomic E-state index is -0.475. The summed E-state index contributed by atoms with van der Waals surface area (Å²) in [6, 6.07) is 4.81. The lowest BCUT2D eigenvalue weighted by molar-refractivity contribution is -0.122. The Morgan fingerprint density at radius 1 is 1.13 bits per heavy atom. The molecular weight excluding hydrogens is 320 g/mol. The molecule has 3 N–H and O–H groups in total. The van der Waals surface area contributed by atoms with Crippen LogP contribution in [0.5, 0.6) is 17.2 Å². The Balaban J connectivity index is 0.00000484. The Morgan fingerprint density at radius 2 is 1.65 bits per heavy atom. The topological polar surface area (TPSA) is 82.8 Å². The average molecular weight is 347 g/mol. The van der Waals surface area contributed by atoms with Crippen molar-refractivity contribution in [1.29, 1.82) is 0 Å². The van der Waals surface area contributed by atoms with Crippen LogP contribution in [0.2, 0.25) is 0 Å². The largest absolute Gasteiger partial charge is 0.496 e. The van der Waals surface area contributed by atoms with Gasteiger partial charge in [-0.2, -0.15) is 0 Å². The van der Waals surface area contributed by atoms with E-state index in [1.54, 1.807) is 32.4 Å². The van der Waals surface area contributed by atoms with Gasteiger partial charge in [0.05, 0.1) is 26.8 Å². The molecule has 0 aliphatic rings. The zero-order chi connectivity index (χ0) is 16.5. The molecule has 0 fully saturated rings. The molecule has 23 heavy (non-hydrogen) atoms. The maximum absolute atomic E-state index is 11.8. The fraction of sp³-hybridized carbons (Fsp3) is 0.562. The monoisotopic (exact) mass is 346 g/mol. The minimum Gasteiger partial charge on any atom is -0.496 e. The summed E-state index contributed by atoms with van der Waals surface area (Å²) in [5, 5.41) is 2.76. The first-order valence-corrected chi connectivity index (χ1v) is 7.35. The molecule has 0 aromatic heterocycles. The van der Waals surface area contributed by atoms with Crippen LogP contribution in [-0.2, 0) is 4.79 Å². The van der Waals surface area contributed by atoms with Crippen LogP contribution in [0.15, 0.2) is 18.2 Å². The van der Waals surface area contributed by atoms with Gasteiger partial charge in [-0.25, -0.2) is 0 Å². The summed E-state index contributed by atoms with van der Waals surface area (Å²) in [6.45, 7) is 4.81. The van der Waals surface area contributed by atoms with Gasteiger partial charge in [-0.05, 0) is 12.3 Å². The number of ether oxygens (including phenoxy) is 3. The van der Waals surface area contributed by atoms with Gasteiger partial charge >= 0.3 is 0 Å². The van der Waals surface area contributed by atoms with E-state index in [1.165, 1.54) is 0 Å². The summed E-state index contributed by atoms with van der Waals surface area (Å²) >= 11 is 0. The highest BCUT2D eigenvalue weighted by Gasteiger charge is 2.14. The van der Waals surface area contributed by atoms with Crippen molar-refractivity contribution < 1.29 is 19.0 Å². The zero-order valence-corrected chi connectivity index (χ0v) is 14.9. The van der Waals surface area contributed by atoms with E-state index >= 15 is 0 Å². The van der Waals surface area contributed by atoms with Crippen LogP contribution in [0.25, 0.3) is 0 Å². The molecule has 1 aromatic rings. The number of hydrogen-bond donors (Lipinski definition) is 2. The summed E-state index contributed by atoms with van der Waals surface area (Å²) in [5.74, 6) is 2.16. The molecule has 0 unspecified atom stereocenters. The van der Waals surface area contributed by atoms with Crippen molar-refractivity contribution >= 4 is 18.3 Å². The predicted octanol–water partition coefficient (Wildman–Crippen LogP) is 1.99. The van der Waals surface area contributed by atoms with Crippen molar-refractivity contribution in [2.24, 2.45) is 11.7 Å². The lowest BCUT2D eigenvalue weighted by Crippen LogP contribution is -2.42. The van der Waals surface area contributed by atoms with Gasteiger partial charge < -0.3 is 25.3 Å². The number of amides is 1. The van der Waals surface area contributed by atoms with E-state index in [0.717, 1.165) is 0 Å². The fourth-order valence-electron chi connectivity index (χ4n) is 1.95. The molecular formula is C16H27ClN2O4. The molecule has 0 aliphatic carbocycles. The van der Waals surface area contributed by atoms with Crippen molar-refractivity contribution in [2.45, 2.75) is 26.3 Å². The lowest BCUT2D eigenvalue weighted by Gasteiger charge is -2.14. The predicted molar refractivity (Wildman–Crippen MR) is 92.7 cm³/mol. The summed E-state index contributed by atoms with van der Waals surface area (Å²) < 4.78 is 15.9. The number of methoxy groups -OCH3 is 2. The van der Waals surface area contributed by atoms with Crippen LogP contribution in [0, 0.1) is 5.92 Å². The summed E-state index contributed by atoms with van der Waals surface area (Å²) in [7, 11) is 3.16. The Hall–Kier alpha value is -1.66. The lowest BCUT2D eigenvalue weighted by atomic mass is 10.0. The Bertz CT molecular complexity index is 461. The third kappa shape index (κ3) is 7.95. The van der Waals surface area contributed by atoms with E-state index in [1.807, 2.05) is 13.8 Å². The highest BCUT2D eigenvalue weighted by atomic mass is 35.5. The third-order valence-corrected chi connectivity index (χ3v) is 3.06. The van der Waals surface area contributed by atoms with Crippen molar-refractivity contribution in [3.63, 3.8) is 0 Å². The molecule has 0 saturated carbocycles. The number of hydrogen-bond acceptors (Lipinski definition) is 5. The van der Waals surface area contributed by atoms with E-state index in [4.69, 9.17) is 19.9 Å². The highest BCUT2D eigenvalue weighted by molar-refractivity contribution is 5.85. The molecule has 1 aromatic carbocycles. The van der Waals surface area contributed by atoms with Crippen LogP contribution < -0.4 is 25.3 Å². The minimum absolute atomic E-state index is 0. The second-order valence-corrected chi connectivity index (χ2v) is 5.42. The van der Waals surface area contributed by atoms with Crippen molar-refractivity contribution in [2.75, 3.05) is 27.4 Å². The maximum atomic E-state index is 11.8. The van der Waals surface area contributed by atoms with Crippen LogP contribution in [-0.4, -0.2) is 39.3 Å². The molecule has 6 nitrogen and oxygen atoms in total. The number of rotatable bonds is 9. The normalized spacial score (nSPS) is 11.4. The number of carbonyl (C=O) groups excluding carboxylic acids is 1. The molecule has 0 heterocycles. The zero-order valence-electron chi connectivity index (χ0n) is 14.1. The van der Waals surface area contributed by atoms with E-state index in [-0.39, 0.29) is 18.3 Å². The van der Waals surface area contributed by atoms with E-state index in [2.05, 4.69) is 5.32 Å². The molecule has 0 bridgehead atoms. The SMILES string of the molecule is COc1cc(OC)cc(OCCNC(=O)[C@@H](N)CC(C)C)c1.Cl. The quantitative estimate of drug-likeness (QED) is 0.668. The van der Waals surface area contributed by atoms with Crippen LogP contribution in [0.3, 0.4) is 0 Å². The van der Waals surface area contributed by atoms with Gasteiger partial charge in [-0.1, -0.05) is 13.8 Å². The van der Waals surface area contributed by atoms with Gasteiger partial charge in [0.25, 0.3) is 0 Å². The van der Waals surface area contributed by atoms with Gasteiger partial charge in [0, 0.05) is 18.2 Å². The van der Waals surface area contributed by atoms with Crippen LogP contribution in [0.4, 0.5) is 0 Å². The Morgan fingerprint density at radius 3 is 2.13 bits per heavy atom. The number of benzene rings is 1. The fourth-order valence-corrected chi connectivity index (χ4v) is 1.95. The first-order valence-electron chi connectivity index (χ1n) is 7.35. The van der Waals surface area contributed by atoms with Crippen molar-refractivity contribution in [3.05, 3.63) is 18.2 Å². The number of nitrogens with one attached hydrogen (secondary N) is 1. The maximum Gasteiger partial charge on any atom is 0.237 e. The Labute approximate surface area is 144 Å². The summed E-state index contributed by atoms with van der Waals surface area (Å²) in [4.78, 5) is 11.8. The molecule has 0 saturated heterocycles. The molecule has 1 amide bonds. The van der Waals surface area contributed by atoms with Crippen molar-refractivity contribution in [3.8, 4) is 17.2 Å². The number of halogens is 1. The standard InChI is InChI=1S/C16H26N2O4.ClH/c1-11(2)7-15(17)16(19)18-5-6-22-14-9-12(20-3)8-13(10-14)21-4;/h8-11,15H,5-7,17H2,1-4H3,(H,18,19);1H/t15-;/m0./s1. The number of carbonyl (C=O) groups is 1. The smallest absolute Gasteiger partial charge is 0.237 e. The number of nitrogens with two attached hydrogens (primary N) is 1. The molecule has 0 radical (unpaired) electrons. The molecule has 1 atom stereocenters. The summed E-state index contributed by atoms with van der Waals surface area (Å²) in [5.41, 5.74) is 5.80. The molecule has 0 spiro atoms. The van der Waals surface area contributed by atoms with Gasteiger partial charge in [0.15, 0.2) is 0 Å². The van der Waals surface area contributed by atoms with E-state index in [9.17, 15) is 4.79 Å². The molecule has 7 heteroatoms. The third-order valence-electron chi connectivity index (χ3n) is 3.06. The van der Waals surface area contributed by atoms with Gasteiger partial charge in [0.1, 0.15) is 23.9 Å². The van der Waals surface area contributed by atoms with Gasteiger partial charge in [-0.3, -0.25) is 4.79 Å². The van der Waals surface area contributed by atoms with Gasteiger partial charge in [-0.15, -0.1) is 12.4 Å². The second-order valence-electron chi connectivity index (χ2n) is 5.42. The molecule has 132 valence electrons. The Kier molecular flexibility index (Phi) is 10.2. The highest BCUT2D eigenvalue weighted by Crippen LogP contribution is 2.27. The van der Waals surface area contributed by atoms with E-state index in [0.29, 0.717) is 42.7 Å². The first kappa shape index (κ1) is 21.3. The van der Waals surface area contributed by atoms with Crippen LogP contribution in [0.1, 0.15) is 20.3 Å². The molecule has 1 rings (SSSR count). The van der Waals surface area contributed by atoms with Gasteiger partial charge in [0.2, 0.25) is 5.91 Å². The average Bonchev–Trinajstić information content (AvgIpc) is 2.50. The van der Waals surface area contributed by atoms with E-state index < -0.39 is 6.04 Å².